The third kappa shape index (κ3) is 8.00. The lowest BCUT2D eigenvalue weighted by Gasteiger charge is -2.19. The summed E-state index contributed by atoms with van der Waals surface area (Å²) in [6, 6.07) is 4.29. The molecule has 1 aromatic heterocycles. The van der Waals surface area contributed by atoms with Gasteiger partial charge in [0.05, 0.1) is 19.8 Å². The Morgan fingerprint density at radius 1 is 1.19 bits per heavy atom. The van der Waals surface area contributed by atoms with Gasteiger partial charge in [0.1, 0.15) is 23.1 Å². The van der Waals surface area contributed by atoms with Gasteiger partial charge in [-0.1, -0.05) is 26.8 Å². The molecular weight excluding hydrogens is 425 g/mol. The summed E-state index contributed by atoms with van der Waals surface area (Å²) >= 11 is 0. The summed E-state index contributed by atoms with van der Waals surface area (Å²) in [5, 5.41) is 17.8. The van der Waals surface area contributed by atoms with Crippen LogP contribution in [-0.4, -0.2) is 48.2 Å². The Morgan fingerprint density at radius 3 is 2.42 bits per heavy atom. The highest BCUT2D eigenvalue weighted by Gasteiger charge is 2.19. The summed E-state index contributed by atoms with van der Waals surface area (Å²) in [6.07, 6.45) is 0.904. The molecular formula is C20H30FN5O4S. The van der Waals surface area contributed by atoms with Gasteiger partial charge in [-0.05, 0) is 29.9 Å². The molecule has 0 saturated heterocycles. The summed E-state index contributed by atoms with van der Waals surface area (Å²) in [7, 11) is -2.40. The van der Waals surface area contributed by atoms with Crippen LogP contribution in [-0.2, 0) is 22.2 Å². The van der Waals surface area contributed by atoms with Gasteiger partial charge in [0, 0.05) is 12.5 Å². The molecule has 0 amide bonds. The number of ether oxygens (including phenoxy) is 1. The van der Waals surface area contributed by atoms with E-state index in [1.165, 1.54) is 13.2 Å². The average molecular weight is 456 g/mol. The molecule has 1 aromatic carbocycles. The van der Waals surface area contributed by atoms with Gasteiger partial charge in [0.25, 0.3) is 0 Å². The van der Waals surface area contributed by atoms with Crippen LogP contribution in [0.15, 0.2) is 18.2 Å². The van der Waals surface area contributed by atoms with Crippen molar-refractivity contribution in [2.24, 2.45) is 11.1 Å². The molecule has 31 heavy (non-hydrogen) atoms. The highest BCUT2D eigenvalue weighted by Crippen LogP contribution is 2.25. The molecule has 172 valence electrons. The van der Waals surface area contributed by atoms with Crippen molar-refractivity contribution < 1.29 is 22.7 Å². The number of aliphatic hydroxyl groups is 1. The lowest BCUT2D eigenvalue weighted by Crippen LogP contribution is -2.28. The van der Waals surface area contributed by atoms with E-state index in [-0.39, 0.29) is 36.8 Å². The Morgan fingerprint density at radius 2 is 1.87 bits per heavy atom. The van der Waals surface area contributed by atoms with E-state index < -0.39 is 21.6 Å². The van der Waals surface area contributed by atoms with Crippen LogP contribution < -0.4 is 15.2 Å². The van der Waals surface area contributed by atoms with E-state index in [9.17, 15) is 17.9 Å². The van der Waals surface area contributed by atoms with E-state index in [0.717, 1.165) is 0 Å². The maximum Gasteiger partial charge on any atom is 0.226 e. The zero-order valence-corrected chi connectivity index (χ0v) is 19.0. The first-order chi connectivity index (χ1) is 14.5. The van der Waals surface area contributed by atoms with E-state index >= 15 is 0 Å². The molecule has 0 aliphatic carbocycles. The van der Waals surface area contributed by atoms with Gasteiger partial charge in [-0.3, -0.25) is 0 Å². The van der Waals surface area contributed by atoms with Crippen LogP contribution in [0.2, 0.25) is 0 Å². The molecule has 0 aliphatic rings. The van der Waals surface area contributed by atoms with Crippen LogP contribution in [0.5, 0.6) is 5.75 Å². The van der Waals surface area contributed by atoms with Gasteiger partial charge in [-0.25, -0.2) is 22.9 Å². The SMILES string of the molecule is COc1ccc([C@H](C)Cc2nc(CS(N)(=O)=O)nc(N[C@@H](CO)CC(C)C)n2)c(F)c1. The fraction of sp³-hybridized carbons (Fsp3) is 0.550. The number of anilines is 1. The van der Waals surface area contributed by atoms with Crippen LogP contribution in [0.3, 0.4) is 0 Å². The molecule has 0 spiro atoms. The van der Waals surface area contributed by atoms with Crippen molar-refractivity contribution in [3.05, 3.63) is 41.2 Å². The molecule has 2 atom stereocenters. The van der Waals surface area contributed by atoms with E-state index in [2.05, 4.69) is 20.3 Å². The number of aromatic nitrogens is 3. The first kappa shape index (κ1) is 24.9. The van der Waals surface area contributed by atoms with Crippen molar-refractivity contribution in [2.75, 3.05) is 19.0 Å². The maximum atomic E-state index is 14.4. The summed E-state index contributed by atoms with van der Waals surface area (Å²) < 4.78 is 42.6. The third-order valence-electron chi connectivity index (χ3n) is 4.60. The Hall–Kier alpha value is -2.37. The number of rotatable bonds is 11. The highest BCUT2D eigenvalue weighted by atomic mass is 32.2. The lowest BCUT2D eigenvalue weighted by atomic mass is 9.97. The number of nitrogens with zero attached hydrogens (tertiary/aromatic N) is 3. The molecule has 2 aromatic rings. The molecule has 0 radical (unpaired) electrons. The van der Waals surface area contributed by atoms with Crippen molar-refractivity contribution in [1.29, 1.82) is 0 Å². The number of nitrogens with two attached hydrogens (primary N) is 1. The van der Waals surface area contributed by atoms with Gasteiger partial charge in [0.15, 0.2) is 5.82 Å². The monoisotopic (exact) mass is 455 g/mol. The van der Waals surface area contributed by atoms with Gasteiger partial charge in [-0.15, -0.1) is 0 Å². The van der Waals surface area contributed by atoms with Gasteiger partial charge < -0.3 is 15.2 Å². The number of hydrogen-bond acceptors (Lipinski definition) is 8. The molecule has 0 aliphatic heterocycles. The average Bonchev–Trinajstić information content (AvgIpc) is 2.65. The number of benzene rings is 1. The molecule has 9 nitrogen and oxygen atoms in total. The zero-order valence-electron chi connectivity index (χ0n) is 18.2. The van der Waals surface area contributed by atoms with Crippen LogP contribution in [0.4, 0.5) is 10.3 Å². The standard InChI is InChI=1S/C20H30FN5O4S/c1-12(2)7-14(10-27)23-20-25-18(24-19(26-20)11-31(22,28)29)8-13(3)16-6-5-15(30-4)9-17(16)21/h5-6,9,12-14,27H,7-8,10-11H2,1-4H3,(H2,22,28,29)(H,23,24,25,26)/t13-,14-/m1/s1. The second-order valence-electron chi connectivity index (χ2n) is 7.94. The second kappa shape index (κ2) is 10.8. The van der Waals surface area contributed by atoms with Crippen LogP contribution in [0.25, 0.3) is 0 Å². The van der Waals surface area contributed by atoms with E-state index in [0.29, 0.717) is 29.5 Å². The van der Waals surface area contributed by atoms with Gasteiger partial charge in [0.2, 0.25) is 16.0 Å². The van der Waals surface area contributed by atoms with Gasteiger partial charge in [-0.2, -0.15) is 9.97 Å². The number of nitrogens with one attached hydrogen (secondary N) is 1. The summed E-state index contributed by atoms with van der Waals surface area (Å²) in [5.41, 5.74) is 0.455. The van der Waals surface area contributed by atoms with Crippen molar-refractivity contribution in [1.82, 2.24) is 15.0 Å². The largest absolute Gasteiger partial charge is 0.497 e. The van der Waals surface area contributed by atoms with E-state index in [1.54, 1.807) is 12.1 Å². The molecule has 1 heterocycles. The molecule has 0 bridgehead atoms. The summed E-state index contributed by atoms with van der Waals surface area (Å²) in [4.78, 5) is 12.7. The van der Waals surface area contributed by atoms with Gasteiger partial charge >= 0.3 is 0 Å². The molecule has 11 heteroatoms. The fourth-order valence-corrected chi connectivity index (χ4v) is 3.71. The summed E-state index contributed by atoms with van der Waals surface area (Å²) in [5.74, 6) is -0.126. The van der Waals surface area contributed by atoms with Crippen molar-refractivity contribution in [3.63, 3.8) is 0 Å². The van der Waals surface area contributed by atoms with Crippen LogP contribution in [0.1, 0.15) is 50.3 Å². The minimum absolute atomic E-state index is 0.0151. The first-order valence-electron chi connectivity index (χ1n) is 9.95. The van der Waals surface area contributed by atoms with Crippen molar-refractivity contribution in [2.45, 2.75) is 51.3 Å². The Labute approximate surface area is 182 Å². The zero-order chi connectivity index (χ0) is 23.2. The van der Waals surface area contributed by atoms with E-state index in [1.807, 2.05) is 20.8 Å². The lowest BCUT2D eigenvalue weighted by molar-refractivity contribution is 0.259. The maximum absolute atomic E-state index is 14.4. The molecule has 0 unspecified atom stereocenters. The number of primary sulfonamides is 1. The van der Waals surface area contributed by atoms with E-state index in [4.69, 9.17) is 9.88 Å². The predicted octanol–water partition coefficient (Wildman–Crippen LogP) is 1.97. The Balaban J connectivity index is 2.33. The number of sulfonamides is 1. The topological polar surface area (TPSA) is 140 Å². The quantitative estimate of drug-likeness (QED) is 0.467. The molecule has 0 saturated carbocycles. The van der Waals surface area contributed by atoms with Crippen LogP contribution in [0, 0.1) is 11.7 Å². The minimum atomic E-state index is -3.86. The Bertz CT molecular complexity index is 988. The number of halogens is 1. The number of aliphatic hydroxyl groups excluding tert-OH is 1. The third-order valence-corrected chi connectivity index (χ3v) is 5.26. The molecule has 0 fully saturated rings. The number of hydrogen-bond donors (Lipinski definition) is 3. The summed E-state index contributed by atoms with van der Waals surface area (Å²) in [6.45, 7) is 5.70. The Kier molecular flexibility index (Phi) is 8.66. The number of methoxy groups -OCH3 is 1. The smallest absolute Gasteiger partial charge is 0.226 e. The normalized spacial score (nSPS) is 13.8. The highest BCUT2D eigenvalue weighted by molar-refractivity contribution is 7.88. The molecule has 2 rings (SSSR count). The molecule has 4 N–H and O–H groups in total. The fourth-order valence-electron chi connectivity index (χ4n) is 3.22. The first-order valence-corrected chi connectivity index (χ1v) is 11.7. The van der Waals surface area contributed by atoms with Crippen molar-refractivity contribution >= 4 is 16.0 Å². The second-order valence-corrected chi connectivity index (χ2v) is 9.56. The van der Waals surface area contributed by atoms with Crippen LogP contribution >= 0.6 is 0 Å². The van der Waals surface area contributed by atoms with Crippen molar-refractivity contribution in [3.8, 4) is 5.75 Å². The predicted molar refractivity (Wildman–Crippen MR) is 116 cm³/mol. The minimum Gasteiger partial charge on any atom is -0.497 e.